The first kappa shape index (κ1) is 11.0. The third-order valence-electron chi connectivity index (χ3n) is 1.73. The molecule has 0 heterocycles. The highest BCUT2D eigenvalue weighted by atomic mass is 127. The summed E-state index contributed by atoms with van der Waals surface area (Å²) in [6.07, 6.45) is 0.637. The molecule has 1 aromatic rings. The van der Waals surface area contributed by atoms with Crippen LogP contribution in [-0.4, -0.2) is 11.7 Å². The summed E-state index contributed by atoms with van der Waals surface area (Å²) in [6.45, 7) is 1.87. The summed E-state index contributed by atoms with van der Waals surface area (Å²) in [5.74, 6) is 0. The Kier molecular flexibility index (Phi) is 3.73. The second-order valence-corrected chi connectivity index (χ2v) is 7.16. The maximum atomic E-state index is 11.8. The SMILES string of the molecule is CCC(I)S(=O)(=O)c1ccccc1. The quantitative estimate of drug-likeness (QED) is 0.635. The molecule has 0 N–H and O–H groups in total. The Hall–Kier alpha value is -0.1000. The van der Waals surface area contributed by atoms with E-state index in [0.29, 0.717) is 11.3 Å². The average Bonchev–Trinajstić information content (AvgIpc) is 2.18. The van der Waals surface area contributed by atoms with Crippen LogP contribution in [0.25, 0.3) is 0 Å². The van der Waals surface area contributed by atoms with Crippen LogP contribution in [-0.2, 0) is 9.84 Å². The lowest BCUT2D eigenvalue weighted by Gasteiger charge is -2.08. The molecule has 0 radical (unpaired) electrons. The van der Waals surface area contributed by atoms with Crippen molar-refractivity contribution in [3.63, 3.8) is 0 Å². The zero-order valence-corrected chi connectivity index (χ0v) is 10.2. The summed E-state index contributed by atoms with van der Waals surface area (Å²) in [5, 5.41) is 0. The molecule has 4 heteroatoms. The van der Waals surface area contributed by atoms with E-state index < -0.39 is 9.84 Å². The van der Waals surface area contributed by atoms with Gasteiger partial charge in [0.1, 0.15) is 3.26 Å². The first-order valence-electron chi connectivity index (χ1n) is 4.02. The maximum absolute atomic E-state index is 11.8. The fourth-order valence-electron chi connectivity index (χ4n) is 0.977. The third kappa shape index (κ3) is 2.43. The normalized spacial score (nSPS) is 14.0. The number of hydrogen-bond acceptors (Lipinski definition) is 2. The minimum atomic E-state index is -3.10. The van der Waals surface area contributed by atoms with E-state index in [4.69, 9.17) is 0 Å². The van der Waals surface area contributed by atoms with E-state index in [0.717, 1.165) is 0 Å². The molecule has 13 heavy (non-hydrogen) atoms. The van der Waals surface area contributed by atoms with Crippen LogP contribution in [0.2, 0.25) is 0 Å². The monoisotopic (exact) mass is 310 g/mol. The van der Waals surface area contributed by atoms with Crippen LogP contribution in [0.1, 0.15) is 13.3 Å². The van der Waals surface area contributed by atoms with Gasteiger partial charge in [0.25, 0.3) is 0 Å². The number of sulfone groups is 1. The highest BCUT2D eigenvalue weighted by molar-refractivity contribution is 14.1. The maximum Gasteiger partial charge on any atom is 0.190 e. The van der Waals surface area contributed by atoms with Gasteiger partial charge in [-0.3, -0.25) is 0 Å². The fourth-order valence-corrected chi connectivity index (χ4v) is 3.13. The molecule has 2 nitrogen and oxygen atoms in total. The first-order valence-corrected chi connectivity index (χ1v) is 6.81. The molecule has 0 fully saturated rings. The van der Waals surface area contributed by atoms with Crippen LogP contribution in [0.5, 0.6) is 0 Å². The Labute approximate surface area is 92.4 Å². The van der Waals surface area contributed by atoms with Crippen LogP contribution in [0.3, 0.4) is 0 Å². The van der Waals surface area contributed by atoms with E-state index in [1.54, 1.807) is 24.3 Å². The van der Waals surface area contributed by atoms with Crippen LogP contribution in [0.15, 0.2) is 35.2 Å². The molecule has 1 unspecified atom stereocenters. The molecule has 0 aliphatic carbocycles. The van der Waals surface area contributed by atoms with E-state index in [1.165, 1.54) is 0 Å². The molecule has 1 atom stereocenters. The van der Waals surface area contributed by atoms with Gasteiger partial charge in [0.2, 0.25) is 0 Å². The fraction of sp³-hybridized carbons (Fsp3) is 0.333. The van der Waals surface area contributed by atoms with Gasteiger partial charge in [-0.15, -0.1) is 0 Å². The molecule has 0 amide bonds. The zero-order valence-electron chi connectivity index (χ0n) is 7.27. The number of alkyl halides is 1. The van der Waals surface area contributed by atoms with Crippen LogP contribution >= 0.6 is 22.6 Å². The Balaban J connectivity index is 3.09. The number of benzene rings is 1. The van der Waals surface area contributed by atoms with Gasteiger partial charge in [-0.2, -0.15) is 0 Å². The average molecular weight is 310 g/mol. The van der Waals surface area contributed by atoms with Gasteiger partial charge >= 0.3 is 0 Å². The van der Waals surface area contributed by atoms with E-state index in [9.17, 15) is 8.42 Å². The Morgan fingerprint density at radius 3 is 2.31 bits per heavy atom. The minimum absolute atomic E-state index is 0.326. The van der Waals surface area contributed by atoms with Crippen molar-refractivity contribution in [2.45, 2.75) is 21.5 Å². The molecule has 72 valence electrons. The first-order chi connectivity index (χ1) is 6.09. The standard InChI is InChI=1S/C9H11IO2S/c1-2-9(10)13(11,12)8-6-4-3-5-7-8/h3-7,9H,2H2,1H3. The number of halogens is 1. The van der Waals surface area contributed by atoms with Crippen molar-refractivity contribution in [3.8, 4) is 0 Å². The summed E-state index contributed by atoms with van der Waals surface area (Å²) < 4.78 is 23.2. The van der Waals surface area contributed by atoms with E-state index in [1.807, 2.05) is 35.6 Å². The zero-order chi connectivity index (χ0) is 9.90. The number of rotatable bonds is 3. The molecule has 0 spiro atoms. The summed E-state index contributed by atoms with van der Waals surface area (Å²) in [5.41, 5.74) is 0. The van der Waals surface area contributed by atoms with Crippen LogP contribution < -0.4 is 0 Å². The molecule has 0 aliphatic heterocycles. The molecule has 1 rings (SSSR count). The predicted molar refractivity (Wildman–Crippen MR) is 61.7 cm³/mol. The molecule has 1 aromatic carbocycles. The largest absolute Gasteiger partial charge is 0.223 e. The van der Waals surface area contributed by atoms with Crippen molar-refractivity contribution in [2.75, 3.05) is 0 Å². The second kappa shape index (κ2) is 4.41. The van der Waals surface area contributed by atoms with Crippen LogP contribution in [0, 0.1) is 0 Å². The summed E-state index contributed by atoms with van der Waals surface area (Å²) >= 11 is 1.96. The van der Waals surface area contributed by atoms with Gasteiger partial charge in [0.05, 0.1) is 4.90 Å². The molecule has 0 saturated carbocycles. The van der Waals surface area contributed by atoms with Crippen molar-refractivity contribution in [2.24, 2.45) is 0 Å². The Bertz CT molecular complexity index is 358. The molecular formula is C9H11IO2S. The summed E-state index contributed by atoms with van der Waals surface area (Å²) in [4.78, 5) is 0.413. The van der Waals surface area contributed by atoms with E-state index >= 15 is 0 Å². The summed E-state index contributed by atoms with van der Waals surface area (Å²) in [6, 6.07) is 8.57. The van der Waals surface area contributed by atoms with E-state index in [-0.39, 0.29) is 3.26 Å². The highest BCUT2D eigenvalue weighted by Crippen LogP contribution is 2.22. The van der Waals surface area contributed by atoms with Crippen molar-refractivity contribution in [1.82, 2.24) is 0 Å². The lowest BCUT2D eigenvalue weighted by atomic mass is 10.4. The Morgan fingerprint density at radius 1 is 1.31 bits per heavy atom. The lowest BCUT2D eigenvalue weighted by molar-refractivity contribution is 0.593. The highest BCUT2D eigenvalue weighted by Gasteiger charge is 2.22. The molecule has 0 saturated heterocycles. The van der Waals surface area contributed by atoms with Gasteiger partial charge in [-0.25, -0.2) is 8.42 Å². The van der Waals surface area contributed by atoms with Gasteiger partial charge in [-0.1, -0.05) is 47.7 Å². The topological polar surface area (TPSA) is 34.1 Å². The molecule has 0 aliphatic rings. The summed E-state index contributed by atoms with van der Waals surface area (Å²) in [7, 11) is -3.10. The van der Waals surface area contributed by atoms with E-state index in [2.05, 4.69) is 0 Å². The predicted octanol–water partition coefficient (Wildman–Crippen LogP) is 2.63. The molecular weight excluding hydrogens is 299 g/mol. The molecule has 0 aromatic heterocycles. The number of hydrogen-bond donors (Lipinski definition) is 0. The van der Waals surface area contributed by atoms with Crippen LogP contribution in [0.4, 0.5) is 0 Å². The van der Waals surface area contributed by atoms with Crippen molar-refractivity contribution in [1.29, 1.82) is 0 Å². The molecule has 0 bridgehead atoms. The van der Waals surface area contributed by atoms with Gasteiger partial charge in [0.15, 0.2) is 9.84 Å². The second-order valence-electron chi connectivity index (χ2n) is 2.68. The lowest BCUT2D eigenvalue weighted by Crippen LogP contribution is -2.13. The van der Waals surface area contributed by atoms with Gasteiger partial charge < -0.3 is 0 Å². The minimum Gasteiger partial charge on any atom is -0.223 e. The van der Waals surface area contributed by atoms with Gasteiger partial charge in [0, 0.05) is 0 Å². The van der Waals surface area contributed by atoms with Crippen molar-refractivity contribution in [3.05, 3.63) is 30.3 Å². The third-order valence-corrected chi connectivity index (χ3v) is 6.55. The van der Waals surface area contributed by atoms with Crippen molar-refractivity contribution >= 4 is 32.4 Å². The van der Waals surface area contributed by atoms with Gasteiger partial charge in [-0.05, 0) is 18.6 Å². The Morgan fingerprint density at radius 2 is 1.85 bits per heavy atom. The van der Waals surface area contributed by atoms with Crippen molar-refractivity contribution < 1.29 is 8.42 Å². The smallest absolute Gasteiger partial charge is 0.190 e.